The van der Waals surface area contributed by atoms with Gasteiger partial charge in [-0.25, -0.2) is 4.98 Å². The fourth-order valence-electron chi connectivity index (χ4n) is 1.78. The van der Waals surface area contributed by atoms with Crippen LogP contribution in [0.3, 0.4) is 0 Å². The third-order valence-corrected chi connectivity index (χ3v) is 3.43. The normalized spacial score (nSPS) is 11.5. The number of pyridine rings is 1. The van der Waals surface area contributed by atoms with Gasteiger partial charge in [0.15, 0.2) is 5.78 Å². The highest BCUT2D eigenvalue weighted by molar-refractivity contribution is 9.10. The maximum atomic E-state index is 12.5. The monoisotopic (exact) mass is 377 g/mol. The molecule has 0 aliphatic carbocycles. The van der Waals surface area contributed by atoms with E-state index in [2.05, 4.69) is 20.9 Å². The van der Waals surface area contributed by atoms with Crippen molar-refractivity contribution >= 4 is 33.3 Å². The van der Waals surface area contributed by atoms with Crippen molar-refractivity contribution < 1.29 is 18.0 Å². The smallest absolute Gasteiger partial charge is 0.288 e. The van der Waals surface area contributed by atoms with Gasteiger partial charge in [0.1, 0.15) is 10.8 Å². The lowest BCUT2D eigenvalue weighted by Gasteiger charge is -2.09. The minimum Gasteiger partial charge on any atom is -0.288 e. The van der Waals surface area contributed by atoms with E-state index >= 15 is 0 Å². The molecule has 0 spiro atoms. The van der Waals surface area contributed by atoms with Crippen LogP contribution in [0, 0.1) is 6.92 Å². The van der Waals surface area contributed by atoms with E-state index in [9.17, 15) is 18.0 Å². The van der Waals surface area contributed by atoms with Crippen LogP contribution in [-0.4, -0.2) is 10.8 Å². The second-order valence-corrected chi connectivity index (χ2v) is 5.65. The van der Waals surface area contributed by atoms with Crippen LogP contribution in [-0.2, 0) is 6.18 Å². The number of alkyl halides is 3. The molecule has 0 bridgehead atoms. The van der Waals surface area contributed by atoms with Crippen molar-refractivity contribution in [3.8, 4) is 0 Å². The first-order valence-corrected chi connectivity index (χ1v) is 6.91. The third kappa shape index (κ3) is 3.63. The van der Waals surface area contributed by atoms with Gasteiger partial charge in [0.05, 0.1) is 5.56 Å². The minimum absolute atomic E-state index is 0.0674. The molecule has 0 aliphatic heterocycles. The molecule has 2 rings (SSSR count). The first kappa shape index (κ1) is 16.0. The van der Waals surface area contributed by atoms with E-state index in [-0.39, 0.29) is 5.56 Å². The summed E-state index contributed by atoms with van der Waals surface area (Å²) in [6.07, 6.45) is -4.60. The number of hydrogen-bond acceptors (Lipinski definition) is 2. The highest BCUT2D eigenvalue weighted by Crippen LogP contribution is 2.30. The van der Waals surface area contributed by atoms with Gasteiger partial charge in [0.2, 0.25) is 0 Å². The topological polar surface area (TPSA) is 30.0 Å². The molecule has 0 atom stereocenters. The fourth-order valence-corrected chi connectivity index (χ4v) is 2.63. The van der Waals surface area contributed by atoms with Gasteiger partial charge in [0.25, 0.3) is 0 Å². The van der Waals surface area contributed by atoms with E-state index in [1.165, 1.54) is 0 Å². The van der Waals surface area contributed by atoms with Gasteiger partial charge in [-0.15, -0.1) is 0 Å². The Morgan fingerprint density at radius 2 is 1.90 bits per heavy atom. The first-order chi connectivity index (χ1) is 9.68. The Bertz CT molecular complexity index is 696. The maximum absolute atomic E-state index is 12.5. The standard InChI is InChI=1S/C14H8BrClF3NO/c1-7-4-8(6-9(15)5-7)12(21)10-2-3-11(14(17,18)19)20-13(10)16/h2-6H,1H3. The number of aryl methyl sites for hydroxylation is 1. The average Bonchev–Trinajstić information content (AvgIpc) is 2.35. The van der Waals surface area contributed by atoms with E-state index in [1.807, 2.05) is 6.07 Å². The van der Waals surface area contributed by atoms with Gasteiger partial charge >= 0.3 is 6.18 Å². The lowest BCUT2D eigenvalue weighted by molar-refractivity contribution is -0.141. The molecule has 0 saturated carbocycles. The quantitative estimate of drug-likeness (QED) is 0.540. The Hall–Kier alpha value is -1.40. The first-order valence-electron chi connectivity index (χ1n) is 5.74. The molecule has 0 amide bonds. The van der Waals surface area contributed by atoms with E-state index < -0.39 is 22.8 Å². The van der Waals surface area contributed by atoms with Crippen molar-refractivity contribution in [1.29, 1.82) is 0 Å². The van der Waals surface area contributed by atoms with Gasteiger partial charge in [-0.3, -0.25) is 4.79 Å². The van der Waals surface area contributed by atoms with Crippen LogP contribution in [0.1, 0.15) is 27.2 Å². The van der Waals surface area contributed by atoms with Crippen LogP contribution in [0.4, 0.5) is 13.2 Å². The fraction of sp³-hybridized carbons (Fsp3) is 0.143. The number of hydrogen-bond donors (Lipinski definition) is 0. The number of rotatable bonds is 2. The summed E-state index contributed by atoms with van der Waals surface area (Å²) in [4.78, 5) is 15.5. The summed E-state index contributed by atoms with van der Waals surface area (Å²) < 4.78 is 38.2. The molecule has 21 heavy (non-hydrogen) atoms. The molecular formula is C14H8BrClF3NO. The maximum Gasteiger partial charge on any atom is 0.433 e. The summed E-state index contributed by atoms with van der Waals surface area (Å²) in [6, 6.07) is 6.79. The molecular weight excluding hydrogens is 371 g/mol. The van der Waals surface area contributed by atoms with Crippen molar-refractivity contribution in [3.05, 3.63) is 62.3 Å². The molecule has 0 saturated heterocycles. The van der Waals surface area contributed by atoms with Crippen LogP contribution < -0.4 is 0 Å². The summed E-state index contributed by atoms with van der Waals surface area (Å²) in [5, 5.41) is -0.465. The molecule has 1 aromatic heterocycles. The lowest BCUT2D eigenvalue weighted by Crippen LogP contribution is -2.11. The predicted octanol–water partition coefficient (Wildman–Crippen LogP) is 5.06. The largest absolute Gasteiger partial charge is 0.433 e. The molecule has 110 valence electrons. The molecule has 0 N–H and O–H groups in total. The highest BCUT2D eigenvalue weighted by Gasteiger charge is 2.33. The van der Waals surface area contributed by atoms with Crippen molar-refractivity contribution in [2.24, 2.45) is 0 Å². The van der Waals surface area contributed by atoms with E-state index in [4.69, 9.17) is 11.6 Å². The number of aromatic nitrogens is 1. The zero-order valence-corrected chi connectivity index (χ0v) is 13.0. The van der Waals surface area contributed by atoms with Gasteiger partial charge in [-0.2, -0.15) is 13.2 Å². The lowest BCUT2D eigenvalue weighted by atomic mass is 10.0. The number of carbonyl (C=O) groups excluding carboxylic acids is 1. The summed E-state index contributed by atoms with van der Waals surface area (Å²) in [5.41, 5.74) is -0.0364. The predicted molar refractivity (Wildman–Crippen MR) is 76.6 cm³/mol. The molecule has 1 aromatic carbocycles. The number of ketones is 1. The van der Waals surface area contributed by atoms with Crippen molar-refractivity contribution in [2.45, 2.75) is 13.1 Å². The van der Waals surface area contributed by atoms with Gasteiger partial charge < -0.3 is 0 Å². The van der Waals surface area contributed by atoms with Crippen molar-refractivity contribution in [3.63, 3.8) is 0 Å². The van der Waals surface area contributed by atoms with Crippen LogP contribution in [0.15, 0.2) is 34.8 Å². The Kier molecular flexibility index (Phi) is 4.39. The molecule has 0 unspecified atom stereocenters. The number of halogens is 5. The molecule has 0 radical (unpaired) electrons. The SMILES string of the molecule is Cc1cc(Br)cc(C(=O)c2ccc(C(F)(F)F)nc2Cl)c1. The average molecular weight is 379 g/mol. The Morgan fingerprint density at radius 3 is 2.43 bits per heavy atom. The second kappa shape index (κ2) is 5.77. The Balaban J connectivity index is 2.44. The van der Waals surface area contributed by atoms with Crippen molar-refractivity contribution in [2.75, 3.05) is 0 Å². The van der Waals surface area contributed by atoms with Crippen molar-refractivity contribution in [1.82, 2.24) is 4.98 Å². The van der Waals surface area contributed by atoms with Gasteiger partial charge in [0, 0.05) is 10.0 Å². The summed E-state index contributed by atoms with van der Waals surface area (Å²) in [6.45, 7) is 1.80. The zero-order valence-electron chi connectivity index (χ0n) is 10.6. The Labute approximate surface area is 132 Å². The molecule has 0 fully saturated rings. The summed E-state index contributed by atoms with van der Waals surface area (Å²) >= 11 is 8.98. The minimum atomic E-state index is -4.60. The highest BCUT2D eigenvalue weighted by atomic mass is 79.9. The number of carbonyl (C=O) groups is 1. The molecule has 7 heteroatoms. The van der Waals surface area contributed by atoms with E-state index in [1.54, 1.807) is 19.1 Å². The zero-order chi connectivity index (χ0) is 15.8. The van der Waals surface area contributed by atoms with Gasteiger partial charge in [-0.1, -0.05) is 27.5 Å². The number of benzene rings is 1. The van der Waals surface area contributed by atoms with Gasteiger partial charge in [-0.05, 0) is 42.8 Å². The summed E-state index contributed by atoms with van der Waals surface area (Å²) in [5.74, 6) is -0.481. The van der Waals surface area contributed by atoms with Crippen LogP contribution in [0.25, 0.3) is 0 Å². The van der Waals surface area contributed by atoms with E-state index in [0.717, 1.165) is 17.7 Å². The molecule has 2 nitrogen and oxygen atoms in total. The molecule has 1 heterocycles. The van der Waals surface area contributed by atoms with E-state index in [0.29, 0.717) is 10.0 Å². The second-order valence-electron chi connectivity index (χ2n) is 4.38. The Morgan fingerprint density at radius 1 is 1.24 bits per heavy atom. The number of nitrogens with zero attached hydrogens (tertiary/aromatic N) is 1. The third-order valence-electron chi connectivity index (χ3n) is 2.69. The van der Waals surface area contributed by atoms with Crippen LogP contribution in [0.2, 0.25) is 5.15 Å². The van der Waals surface area contributed by atoms with Crippen LogP contribution in [0.5, 0.6) is 0 Å². The molecule has 2 aromatic rings. The van der Waals surface area contributed by atoms with Crippen LogP contribution >= 0.6 is 27.5 Å². The summed E-state index contributed by atoms with van der Waals surface area (Å²) in [7, 11) is 0. The molecule has 0 aliphatic rings.